The van der Waals surface area contributed by atoms with Gasteiger partial charge in [0.1, 0.15) is 11.6 Å². The van der Waals surface area contributed by atoms with Crippen molar-refractivity contribution in [1.82, 2.24) is 0 Å². The normalized spacial score (nSPS) is 37.5. The molecule has 1 atom stereocenters. The third-order valence-corrected chi connectivity index (χ3v) is 3.07. The smallest absolute Gasteiger partial charge is 0.139 e. The van der Waals surface area contributed by atoms with Crippen LogP contribution in [0.25, 0.3) is 0 Å². The van der Waals surface area contributed by atoms with Crippen LogP contribution in [-0.4, -0.2) is 11.6 Å². The molecule has 2 nitrogen and oxygen atoms in total. The molecule has 2 aliphatic carbocycles. The number of hydrogen-bond donors (Lipinski definition) is 0. The Bertz CT molecular complexity index is 220. The van der Waals surface area contributed by atoms with Gasteiger partial charge in [-0.25, -0.2) is 0 Å². The van der Waals surface area contributed by atoms with Crippen molar-refractivity contribution in [3.05, 3.63) is 0 Å². The van der Waals surface area contributed by atoms with Crippen molar-refractivity contribution in [2.75, 3.05) is 0 Å². The van der Waals surface area contributed by atoms with E-state index in [9.17, 15) is 9.59 Å². The molecule has 0 heterocycles. The van der Waals surface area contributed by atoms with Crippen LogP contribution in [0.1, 0.15) is 38.5 Å². The Morgan fingerprint density at radius 3 is 2.36 bits per heavy atom. The highest BCUT2D eigenvalue weighted by molar-refractivity contribution is 5.95. The van der Waals surface area contributed by atoms with Crippen LogP contribution in [0.3, 0.4) is 0 Å². The Kier molecular flexibility index (Phi) is 1.38. The maximum atomic E-state index is 11.4. The quantitative estimate of drug-likeness (QED) is 0.527. The Labute approximate surface area is 66.0 Å². The summed E-state index contributed by atoms with van der Waals surface area (Å²) in [6.45, 7) is 0. The van der Waals surface area contributed by atoms with Crippen molar-refractivity contribution in [1.29, 1.82) is 0 Å². The van der Waals surface area contributed by atoms with E-state index in [2.05, 4.69) is 0 Å². The van der Waals surface area contributed by atoms with E-state index in [4.69, 9.17) is 0 Å². The summed E-state index contributed by atoms with van der Waals surface area (Å²) in [5.41, 5.74) is -0.170. The summed E-state index contributed by atoms with van der Waals surface area (Å²) in [7, 11) is 0. The van der Waals surface area contributed by atoms with Crippen molar-refractivity contribution < 1.29 is 9.59 Å². The summed E-state index contributed by atoms with van der Waals surface area (Å²) in [5, 5.41) is 0. The second-order valence-corrected chi connectivity index (χ2v) is 3.77. The summed E-state index contributed by atoms with van der Waals surface area (Å²) < 4.78 is 0. The van der Waals surface area contributed by atoms with Gasteiger partial charge in [0.2, 0.25) is 0 Å². The van der Waals surface area contributed by atoms with Crippen LogP contribution in [0.4, 0.5) is 0 Å². The highest BCUT2D eigenvalue weighted by atomic mass is 16.1. The molecule has 60 valence electrons. The number of hydrogen-bond acceptors (Lipinski definition) is 2. The SMILES string of the molecule is O=C1CCC2(CCCC2=O)C1. The molecule has 11 heavy (non-hydrogen) atoms. The minimum atomic E-state index is -0.170. The predicted octanol–water partition coefficient (Wildman–Crippen LogP) is 1.48. The van der Waals surface area contributed by atoms with Crippen molar-refractivity contribution in [2.45, 2.75) is 38.5 Å². The molecule has 0 aromatic heterocycles. The van der Waals surface area contributed by atoms with Crippen molar-refractivity contribution >= 4 is 11.6 Å². The third-order valence-electron chi connectivity index (χ3n) is 3.07. The molecule has 0 bridgehead atoms. The van der Waals surface area contributed by atoms with Gasteiger partial charge in [-0.05, 0) is 19.3 Å². The van der Waals surface area contributed by atoms with Crippen LogP contribution in [-0.2, 0) is 9.59 Å². The van der Waals surface area contributed by atoms with Crippen molar-refractivity contribution in [3.8, 4) is 0 Å². The van der Waals surface area contributed by atoms with Gasteiger partial charge in [0.15, 0.2) is 0 Å². The van der Waals surface area contributed by atoms with Gasteiger partial charge in [-0.1, -0.05) is 0 Å². The monoisotopic (exact) mass is 152 g/mol. The fourth-order valence-electron chi connectivity index (χ4n) is 2.38. The Balaban J connectivity index is 2.22. The lowest BCUT2D eigenvalue weighted by molar-refractivity contribution is -0.127. The highest BCUT2D eigenvalue weighted by Gasteiger charge is 2.46. The topological polar surface area (TPSA) is 34.1 Å². The summed E-state index contributed by atoms with van der Waals surface area (Å²) in [6, 6.07) is 0. The first-order valence-corrected chi connectivity index (χ1v) is 4.28. The summed E-state index contributed by atoms with van der Waals surface area (Å²) in [6.07, 6.45) is 4.72. The van der Waals surface area contributed by atoms with E-state index in [0.717, 1.165) is 19.3 Å². The van der Waals surface area contributed by atoms with Crippen molar-refractivity contribution in [3.63, 3.8) is 0 Å². The third kappa shape index (κ3) is 0.924. The standard InChI is InChI=1S/C9H12O2/c10-7-3-5-9(6-7)4-1-2-8(9)11/h1-6H2. The van der Waals surface area contributed by atoms with Crippen LogP contribution in [0, 0.1) is 5.41 Å². The Morgan fingerprint density at radius 1 is 1.09 bits per heavy atom. The first-order chi connectivity index (χ1) is 5.23. The molecule has 0 amide bonds. The lowest BCUT2D eigenvalue weighted by Gasteiger charge is -2.17. The molecule has 0 aromatic rings. The van der Waals surface area contributed by atoms with Crippen LogP contribution in [0.15, 0.2) is 0 Å². The molecule has 2 heteroatoms. The fourth-order valence-corrected chi connectivity index (χ4v) is 2.38. The molecule has 0 saturated heterocycles. The van der Waals surface area contributed by atoms with Gasteiger partial charge in [-0.15, -0.1) is 0 Å². The zero-order valence-corrected chi connectivity index (χ0v) is 6.56. The van der Waals surface area contributed by atoms with Crippen molar-refractivity contribution in [2.24, 2.45) is 5.41 Å². The van der Waals surface area contributed by atoms with E-state index < -0.39 is 0 Å². The second-order valence-electron chi connectivity index (χ2n) is 3.77. The highest BCUT2D eigenvalue weighted by Crippen LogP contribution is 2.46. The average Bonchev–Trinajstić information content (AvgIpc) is 2.46. The van der Waals surface area contributed by atoms with Crippen LogP contribution in [0.5, 0.6) is 0 Å². The molecule has 2 aliphatic rings. The molecule has 0 aliphatic heterocycles. The molecule has 0 N–H and O–H groups in total. The summed E-state index contributed by atoms with van der Waals surface area (Å²) >= 11 is 0. The second kappa shape index (κ2) is 2.16. The van der Waals surface area contributed by atoms with Gasteiger partial charge in [0.25, 0.3) is 0 Å². The summed E-state index contributed by atoms with van der Waals surface area (Å²) in [5.74, 6) is 0.642. The van der Waals surface area contributed by atoms with Gasteiger partial charge in [0.05, 0.1) is 0 Å². The number of carbonyl (C=O) groups is 2. The van der Waals surface area contributed by atoms with Crippen LogP contribution >= 0.6 is 0 Å². The average molecular weight is 152 g/mol. The van der Waals surface area contributed by atoms with Gasteiger partial charge in [0, 0.05) is 24.7 Å². The largest absolute Gasteiger partial charge is 0.300 e. The molecular formula is C9H12O2. The molecule has 2 rings (SSSR count). The van der Waals surface area contributed by atoms with Gasteiger partial charge in [-0.2, -0.15) is 0 Å². The zero-order valence-electron chi connectivity index (χ0n) is 6.56. The van der Waals surface area contributed by atoms with E-state index in [0.29, 0.717) is 30.8 Å². The number of carbonyl (C=O) groups excluding carboxylic acids is 2. The molecular weight excluding hydrogens is 140 g/mol. The zero-order chi connectivity index (χ0) is 7.90. The van der Waals surface area contributed by atoms with E-state index >= 15 is 0 Å². The van der Waals surface area contributed by atoms with Gasteiger partial charge < -0.3 is 0 Å². The van der Waals surface area contributed by atoms with Crippen LogP contribution < -0.4 is 0 Å². The first-order valence-electron chi connectivity index (χ1n) is 4.28. The molecule has 2 saturated carbocycles. The van der Waals surface area contributed by atoms with Gasteiger partial charge >= 0.3 is 0 Å². The molecule has 1 unspecified atom stereocenters. The summed E-state index contributed by atoms with van der Waals surface area (Å²) in [4.78, 5) is 22.4. The maximum absolute atomic E-state index is 11.4. The lowest BCUT2D eigenvalue weighted by Crippen LogP contribution is -2.21. The first kappa shape index (κ1) is 7.01. The Hall–Kier alpha value is -0.660. The van der Waals surface area contributed by atoms with E-state index in [1.165, 1.54) is 0 Å². The van der Waals surface area contributed by atoms with Gasteiger partial charge in [-0.3, -0.25) is 9.59 Å². The lowest BCUT2D eigenvalue weighted by atomic mass is 9.84. The number of ketones is 2. The number of rotatable bonds is 0. The van der Waals surface area contributed by atoms with E-state index in [-0.39, 0.29) is 5.41 Å². The molecule has 0 aromatic carbocycles. The molecule has 1 spiro atoms. The van der Waals surface area contributed by atoms with E-state index in [1.54, 1.807) is 0 Å². The molecule has 0 radical (unpaired) electrons. The fraction of sp³-hybridized carbons (Fsp3) is 0.778. The van der Waals surface area contributed by atoms with Crippen LogP contribution in [0.2, 0.25) is 0 Å². The van der Waals surface area contributed by atoms with E-state index in [1.807, 2.05) is 0 Å². The Morgan fingerprint density at radius 2 is 1.91 bits per heavy atom. The maximum Gasteiger partial charge on any atom is 0.139 e. The number of Topliss-reactive ketones (excluding diaryl/α,β-unsaturated/α-hetero) is 2. The predicted molar refractivity (Wildman–Crippen MR) is 40.1 cm³/mol. The minimum absolute atomic E-state index is 0.170. The molecule has 2 fully saturated rings. The minimum Gasteiger partial charge on any atom is -0.300 e.